The monoisotopic (exact) mass is 245 g/mol. The normalized spacial score (nSPS) is 21.7. The fourth-order valence-corrected chi connectivity index (χ4v) is 2.66. The number of anilines is 1. The quantitative estimate of drug-likeness (QED) is 0.812. The van der Waals surface area contributed by atoms with Crippen LogP contribution in [-0.2, 0) is 4.74 Å². The van der Waals surface area contributed by atoms with Gasteiger partial charge >= 0.3 is 0 Å². The van der Waals surface area contributed by atoms with Crippen LogP contribution in [0, 0.1) is 6.92 Å². The van der Waals surface area contributed by atoms with Gasteiger partial charge in [-0.3, -0.25) is 5.10 Å². The molecular formula is C12H15N5O. The van der Waals surface area contributed by atoms with E-state index in [1.807, 2.05) is 13.1 Å². The molecule has 3 heterocycles. The topological polar surface area (TPSA) is 66.9 Å². The Labute approximate surface area is 104 Å². The summed E-state index contributed by atoms with van der Waals surface area (Å²) in [6, 6.07) is 0. The number of hydrogen-bond donors (Lipinski definition) is 1. The Morgan fingerprint density at radius 3 is 3.17 bits per heavy atom. The van der Waals surface area contributed by atoms with E-state index in [-0.39, 0.29) is 5.54 Å². The van der Waals surface area contributed by atoms with E-state index in [0.717, 1.165) is 42.4 Å². The zero-order chi connectivity index (χ0) is 12.2. The van der Waals surface area contributed by atoms with Gasteiger partial charge in [-0.1, -0.05) is 0 Å². The second kappa shape index (κ2) is 3.41. The predicted molar refractivity (Wildman–Crippen MR) is 66.6 cm³/mol. The van der Waals surface area contributed by atoms with Gasteiger partial charge in [-0.15, -0.1) is 0 Å². The fourth-order valence-electron chi connectivity index (χ4n) is 2.66. The Hall–Kier alpha value is -1.69. The van der Waals surface area contributed by atoms with E-state index in [2.05, 4.69) is 25.1 Å². The Balaban J connectivity index is 1.79. The molecule has 1 spiro atoms. The Morgan fingerprint density at radius 1 is 1.44 bits per heavy atom. The van der Waals surface area contributed by atoms with Crippen molar-refractivity contribution in [3.8, 4) is 0 Å². The highest BCUT2D eigenvalue weighted by molar-refractivity contribution is 5.77. The molecule has 6 nitrogen and oxygen atoms in total. The minimum atomic E-state index is 0.170. The summed E-state index contributed by atoms with van der Waals surface area (Å²) in [6.07, 6.45) is 4.18. The molecule has 18 heavy (non-hydrogen) atoms. The van der Waals surface area contributed by atoms with Crippen molar-refractivity contribution in [2.24, 2.45) is 0 Å². The van der Waals surface area contributed by atoms with Gasteiger partial charge in [-0.2, -0.15) is 5.10 Å². The molecule has 0 radical (unpaired) electrons. The zero-order valence-electron chi connectivity index (χ0n) is 10.3. The number of aromatic nitrogens is 4. The van der Waals surface area contributed by atoms with Crippen molar-refractivity contribution < 1.29 is 4.74 Å². The van der Waals surface area contributed by atoms with Crippen molar-refractivity contribution in [3.05, 3.63) is 11.9 Å². The van der Waals surface area contributed by atoms with Crippen LogP contribution in [-0.4, -0.2) is 45.5 Å². The van der Waals surface area contributed by atoms with E-state index in [1.165, 1.54) is 12.8 Å². The molecular weight excluding hydrogens is 230 g/mol. The van der Waals surface area contributed by atoms with E-state index in [1.54, 1.807) is 0 Å². The molecule has 4 rings (SSSR count). The first kappa shape index (κ1) is 10.3. The molecule has 2 aliphatic rings. The van der Waals surface area contributed by atoms with Gasteiger partial charge in [-0.25, -0.2) is 9.97 Å². The van der Waals surface area contributed by atoms with Crippen LogP contribution in [0.1, 0.15) is 18.5 Å². The summed E-state index contributed by atoms with van der Waals surface area (Å²) in [7, 11) is 0. The molecule has 0 aromatic carbocycles. The number of nitrogens with one attached hydrogen (secondary N) is 1. The summed E-state index contributed by atoms with van der Waals surface area (Å²) in [4.78, 5) is 11.4. The highest BCUT2D eigenvalue weighted by Crippen LogP contribution is 2.44. The molecule has 0 unspecified atom stereocenters. The Kier molecular flexibility index (Phi) is 1.94. The lowest BCUT2D eigenvalue weighted by Gasteiger charge is -2.36. The number of hydrogen-bond acceptors (Lipinski definition) is 5. The van der Waals surface area contributed by atoms with Crippen LogP contribution in [0.5, 0.6) is 0 Å². The zero-order valence-corrected chi connectivity index (χ0v) is 10.3. The van der Waals surface area contributed by atoms with E-state index >= 15 is 0 Å². The fraction of sp³-hybridized carbons (Fsp3) is 0.583. The maximum atomic E-state index is 5.58. The standard InChI is InChI=1S/C12H15N5O/c1-8-10-9(16-15-8)6-13-11(14-10)17-4-5-18-7-12(17)2-3-12/h6H,2-5,7H2,1H3,(H,15,16). The van der Waals surface area contributed by atoms with E-state index in [9.17, 15) is 0 Å². The molecule has 1 N–H and O–H groups in total. The van der Waals surface area contributed by atoms with Crippen molar-refractivity contribution in [3.63, 3.8) is 0 Å². The third kappa shape index (κ3) is 1.35. The number of fused-ring (bicyclic) bond motifs is 1. The second-order valence-corrected chi connectivity index (χ2v) is 5.17. The van der Waals surface area contributed by atoms with E-state index < -0.39 is 0 Å². The first-order valence-corrected chi connectivity index (χ1v) is 6.32. The Bertz CT molecular complexity index is 604. The maximum absolute atomic E-state index is 5.58. The summed E-state index contributed by atoms with van der Waals surface area (Å²) >= 11 is 0. The second-order valence-electron chi connectivity index (χ2n) is 5.17. The number of nitrogens with zero attached hydrogens (tertiary/aromatic N) is 4. The average Bonchev–Trinajstić information content (AvgIpc) is 3.07. The Morgan fingerprint density at radius 2 is 2.33 bits per heavy atom. The van der Waals surface area contributed by atoms with Crippen molar-refractivity contribution >= 4 is 17.0 Å². The molecule has 1 aliphatic heterocycles. The number of aromatic amines is 1. The lowest BCUT2D eigenvalue weighted by molar-refractivity contribution is 0.0855. The lowest BCUT2D eigenvalue weighted by Crippen LogP contribution is -2.48. The lowest BCUT2D eigenvalue weighted by atomic mass is 10.2. The molecule has 6 heteroatoms. The number of rotatable bonds is 1. The highest BCUT2D eigenvalue weighted by atomic mass is 16.5. The van der Waals surface area contributed by atoms with Crippen LogP contribution < -0.4 is 4.90 Å². The van der Waals surface area contributed by atoms with Crippen LogP contribution in [0.4, 0.5) is 5.95 Å². The third-order valence-corrected chi connectivity index (χ3v) is 3.93. The predicted octanol–water partition coefficient (Wildman–Crippen LogP) is 1.03. The van der Waals surface area contributed by atoms with Gasteiger partial charge in [0.2, 0.25) is 5.95 Å². The van der Waals surface area contributed by atoms with Gasteiger partial charge < -0.3 is 9.64 Å². The smallest absolute Gasteiger partial charge is 0.226 e. The summed E-state index contributed by atoms with van der Waals surface area (Å²) in [5.74, 6) is 0.813. The molecule has 0 bridgehead atoms. The van der Waals surface area contributed by atoms with Gasteiger partial charge in [0.15, 0.2) is 0 Å². The molecule has 1 saturated carbocycles. The molecule has 0 atom stereocenters. The molecule has 2 aromatic heterocycles. The summed E-state index contributed by atoms with van der Waals surface area (Å²) in [6.45, 7) is 4.40. The number of ether oxygens (including phenoxy) is 1. The van der Waals surface area contributed by atoms with Gasteiger partial charge in [-0.05, 0) is 19.8 Å². The summed E-state index contributed by atoms with van der Waals surface area (Å²) < 4.78 is 5.58. The van der Waals surface area contributed by atoms with Gasteiger partial charge in [0.25, 0.3) is 0 Å². The van der Waals surface area contributed by atoms with Crippen LogP contribution in [0.2, 0.25) is 0 Å². The van der Waals surface area contributed by atoms with Crippen LogP contribution in [0.25, 0.3) is 11.0 Å². The highest BCUT2D eigenvalue weighted by Gasteiger charge is 2.51. The van der Waals surface area contributed by atoms with Crippen LogP contribution in [0.15, 0.2) is 6.20 Å². The summed E-state index contributed by atoms with van der Waals surface area (Å²) in [5.41, 5.74) is 2.91. The van der Waals surface area contributed by atoms with Crippen LogP contribution >= 0.6 is 0 Å². The number of aryl methyl sites for hydroxylation is 1. The van der Waals surface area contributed by atoms with E-state index in [4.69, 9.17) is 4.74 Å². The molecule has 2 aromatic rings. The minimum Gasteiger partial charge on any atom is -0.377 e. The minimum absolute atomic E-state index is 0.170. The van der Waals surface area contributed by atoms with Gasteiger partial charge in [0.05, 0.1) is 30.6 Å². The molecule has 94 valence electrons. The molecule has 1 saturated heterocycles. The maximum Gasteiger partial charge on any atom is 0.226 e. The SMILES string of the molecule is Cc1n[nH]c2cnc(N3CCOCC34CC4)nc12. The molecule has 2 fully saturated rings. The van der Waals surface area contributed by atoms with E-state index in [0.29, 0.717) is 0 Å². The van der Waals surface area contributed by atoms with Crippen molar-refractivity contribution in [1.82, 2.24) is 20.2 Å². The average molecular weight is 245 g/mol. The third-order valence-electron chi connectivity index (χ3n) is 3.93. The molecule has 1 aliphatic carbocycles. The van der Waals surface area contributed by atoms with Gasteiger partial charge in [0, 0.05) is 6.54 Å². The number of morpholine rings is 1. The van der Waals surface area contributed by atoms with Crippen LogP contribution in [0.3, 0.4) is 0 Å². The summed E-state index contributed by atoms with van der Waals surface area (Å²) in [5, 5.41) is 7.10. The van der Waals surface area contributed by atoms with Crippen molar-refractivity contribution in [2.45, 2.75) is 25.3 Å². The first-order chi connectivity index (χ1) is 8.78. The van der Waals surface area contributed by atoms with Crippen molar-refractivity contribution in [2.75, 3.05) is 24.7 Å². The number of H-pyrrole nitrogens is 1. The largest absolute Gasteiger partial charge is 0.377 e. The van der Waals surface area contributed by atoms with Gasteiger partial charge in [0.1, 0.15) is 11.0 Å². The first-order valence-electron chi connectivity index (χ1n) is 6.32. The van der Waals surface area contributed by atoms with Crippen molar-refractivity contribution in [1.29, 1.82) is 0 Å². The molecule has 0 amide bonds.